The van der Waals surface area contributed by atoms with E-state index in [0.717, 1.165) is 56.4 Å². The van der Waals surface area contributed by atoms with Crippen molar-refractivity contribution in [2.45, 2.75) is 75.5 Å². The minimum atomic E-state index is 0.0255. The van der Waals surface area contributed by atoms with Gasteiger partial charge in [0, 0.05) is 36.7 Å². The third kappa shape index (κ3) is 5.01. The van der Waals surface area contributed by atoms with Crippen LogP contribution in [0.25, 0.3) is 11.3 Å². The lowest BCUT2D eigenvalue weighted by Crippen LogP contribution is -2.46. The van der Waals surface area contributed by atoms with E-state index in [1.165, 1.54) is 43.2 Å². The molecule has 38 heavy (non-hydrogen) atoms. The minimum absolute atomic E-state index is 0.0255. The summed E-state index contributed by atoms with van der Waals surface area (Å²) in [5, 5.41) is 3.10. The zero-order chi connectivity index (χ0) is 26.0. The SMILES string of the molecule is O=C(CC1CC2(CCN(C(=O)C3CCCCCC3)CC2)c2ccccc21)Nc1cccc(-c2cnco2)c1. The molecule has 0 radical (unpaired) electrons. The number of hydrogen-bond donors (Lipinski definition) is 1. The van der Waals surface area contributed by atoms with Crippen LogP contribution in [0, 0.1) is 5.92 Å². The van der Waals surface area contributed by atoms with E-state index in [9.17, 15) is 9.59 Å². The van der Waals surface area contributed by atoms with E-state index in [4.69, 9.17) is 4.42 Å². The van der Waals surface area contributed by atoms with Gasteiger partial charge in [-0.25, -0.2) is 4.98 Å². The number of piperidine rings is 1. The smallest absolute Gasteiger partial charge is 0.225 e. The quantitative estimate of drug-likeness (QED) is 0.387. The molecule has 6 rings (SSSR count). The van der Waals surface area contributed by atoms with Crippen molar-refractivity contribution in [2.24, 2.45) is 5.92 Å². The highest BCUT2D eigenvalue weighted by molar-refractivity contribution is 5.92. The number of carbonyl (C=O) groups is 2. The summed E-state index contributed by atoms with van der Waals surface area (Å²) in [5.74, 6) is 1.50. The van der Waals surface area contributed by atoms with Gasteiger partial charge in [0.05, 0.1) is 6.20 Å². The van der Waals surface area contributed by atoms with Crippen LogP contribution in [0.15, 0.2) is 65.5 Å². The van der Waals surface area contributed by atoms with Crippen LogP contribution in [0.5, 0.6) is 0 Å². The van der Waals surface area contributed by atoms with Gasteiger partial charge in [-0.15, -0.1) is 0 Å². The topological polar surface area (TPSA) is 75.4 Å². The summed E-state index contributed by atoms with van der Waals surface area (Å²) >= 11 is 0. The van der Waals surface area contributed by atoms with E-state index in [1.807, 2.05) is 24.3 Å². The Morgan fingerprint density at radius 2 is 1.79 bits per heavy atom. The molecule has 1 saturated heterocycles. The van der Waals surface area contributed by atoms with Gasteiger partial charge >= 0.3 is 0 Å². The molecule has 1 spiro atoms. The van der Waals surface area contributed by atoms with E-state index in [-0.39, 0.29) is 23.2 Å². The van der Waals surface area contributed by atoms with Crippen LogP contribution in [0.2, 0.25) is 0 Å². The van der Waals surface area contributed by atoms with Gasteiger partial charge in [0.15, 0.2) is 12.2 Å². The van der Waals surface area contributed by atoms with Crippen LogP contribution >= 0.6 is 0 Å². The summed E-state index contributed by atoms with van der Waals surface area (Å²) in [5.41, 5.74) is 4.41. The Kier molecular flexibility index (Phi) is 7.05. The summed E-state index contributed by atoms with van der Waals surface area (Å²) < 4.78 is 5.40. The first kappa shape index (κ1) is 24.9. The van der Waals surface area contributed by atoms with Crippen LogP contribution in [0.4, 0.5) is 5.69 Å². The fourth-order valence-corrected chi connectivity index (χ4v) is 7.17. The maximum absolute atomic E-state index is 13.3. The average molecular weight is 512 g/mol. The molecule has 2 amide bonds. The van der Waals surface area contributed by atoms with Gasteiger partial charge in [-0.3, -0.25) is 9.59 Å². The first-order valence-corrected chi connectivity index (χ1v) is 14.3. The monoisotopic (exact) mass is 511 g/mol. The molecule has 1 aromatic heterocycles. The van der Waals surface area contributed by atoms with Crippen molar-refractivity contribution >= 4 is 17.5 Å². The number of likely N-dealkylation sites (tertiary alicyclic amines) is 1. The highest BCUT2D eigenvalue weighted by Gasteiger charge is 2.46. The Balaban J connectivity index is 1.12. The number of oxazole rings is 1. The summed E-state index contributed by atoms with van der Waals surface area (Å²) in [6.45, 7) is 1.66. The highest BCUT2D eigenvalue weighted by Crippen LogP contribution is 2.53. The normalized spacial score (nSPS) is 21.2. The molecule has 2 aliphatic carbocycles. The molecule has 1 saturated carbocycles. The van der Waals surface area contributed by atoms with Crippen molar-refractivity contribution in [3.8, 4) is 11.3 Å². The summed E-state index contributed by atoms with van der Waals surface area (Å²) in [4.78, 5) is 32.6. The second-order valence-corrected chi connectivity index (χ2v) is 11.5. The second kappa shape index (κ2) is 10.8. The molecule has 6 heteroatoms. The molecule has 1 atom stereocenters. The lowest BCUT2D eigenvalue weighted by Gasteiger charge is -2.41. The molecule has 2 heterocycles. The van der Waals surface area contributed by atoms with Crippen molar-refractivity contribution in [1.29, 1.82) is 0 Å². The number of hydrogen-bond acceptors (Lipinski definition) is 4. The molecular weight excluding hydrogens is 474 g/mol. The number of nitrogens with one attached hydrogen (secondary N) is 1. The van der Waals surface area contributed by atoms with Crippen LogP contribution in [-0.4, -0.2) is 34.8 Å². The molecule has 1 unspecified atom stereocenters. The van der Waals surface area contributed by atoms with Crippen molar-refractivity contribution in [3.05, 3.63) is 72.2 Å². The minimum Gasteiger partial charge on any atom is -0.444 e. The third-order valence-electron chi connectivity index (χ3n) is 9.14. The molecule has 1 N–H and O–H groups in total. The fourth-order valence-electron chi connectivity index (χ4n) is 7.17. The molecule has 0 bridgehead atoms. The van der Waals surface area contributed by atoms with Gasteiger partial charge in [-0.1, -0.05) is 62.1 Å². The molecular formula is C32H37N3O3. The van der Waals surface area contributed by atoms with Crippen molar-refractivity contribution in [3.63, 3.8) is 0 Å². The van der Waals surface area contributed by atoms with E-state index in [1.54, 1.807) is 6.20 Å². The van der Waals surface area contributed by atoms with Crippen LogP contribution in [0.3, 0.4) is 0 Å². The molecule has 6 nitrogen and oxygen atoms in total. The van der Waals surface area contributed by atoms with Gasteiger partial charge < -0.3 is 14.6 Å². The first-order valence-electron chi connectivity index (χ1n) is 14.3. The zero-order valence-corrected chi connectivity index (χ0v) is 22.0. The molecule has 3 aliphatic rings. The number of rotatable bonds is 5. The maximum Gasteiger partial charge on any atom is 0.225 e. The number of benzene rings is 2. The predicted octanol–water partition coefficient (Wildman–Crippen LogP) is 6.69. The van der Waals surface area contributed by atoms with Crippen LogP contribution < -0.4 is 5.32 Å². The van der Waals surface area contributed by atoms with E-state index < -0.39 is 0 Å². The molecule has 2 aromatic carbocycles. The fraction of sp³-hybridized carbons (Fsp3) is 0.469. The lowest BCUT2D eigenvalue weighted by molar-refractivity contribution is -0.137. The molecule has 198 valence electrons. The molecule has 3 aromatic rings. The largest absolute Gasteiger partial charge is 0.444 e. The lowest BCUT2D eigenvalue weighted by atomic mass is 9.73. The van der Waals surface area contributed by atoms with Gasteiger partial charge in [0.1, 0.15) is 0 Å². The van der Waals surface area contributed by atoms with Crippen LogP contribution in [-0.2, 0) is 15.0 Å². The van der Waals surface area contributed by atoms with Gasteiger partial charge in [-0.2, -0.15) is 0 Å². The number of fused-ring (bicyclic) bond motifs is 2. The average Bonchev–Trinajstić information content (AvgIpc) is 3.48. The number of anilines is 1. The Labute approximate surface area is 224 Å². The Bertz CT molecular complexity index is 1270. The van der Waals surface area contributed by atoms with Crippen molar-refractivity contribution in [1.82, 2.24) is 9.88 Å². The van der Waals surface area contributed by atoms with Crippen molar-refractivity contribution < 1.29 is 14.0 Å². The van der Waals surface area contributed by atoms with Crippen molar-refractivity contribution in [2.75, 3.05) is 18.4 Å². The zero-order valence-electron chi connectivity index (χ0n) is 22.0. The third-order valence-corrected chi connectivity index (χ3v) is 9.14. The number of nitrogens with zero attached hydrogens (tertiary/aromatic N) is 2. The van der Waals surface area contributed by atoms with Gasteiger partial charge in [0.2, 0.25) is 11.8 Å². The van der Waals surface area contributed by atoms with E-state index in [2.05, 4.69) is 39.5 Å². The Hall–Kier alpha value is -3.41. The summed E-state index contributed by atoms with van der Waals surface area (Å²) in [6.07, 6.45) is 13.5. The molecule has 1 aliphatic heterocycles. The van der Waals surface area contributed by atoms with Gasteiger partial charge in [-0.05, 0) is 66.7 Å². The Morgan fingerprint density at radius 1 is 1.00 bits per heavy atom. The van der Waals surface area contributed by atoms with E-state index >= 15 is 0 Å². The predicted molar refractivity (Wildman–Crippen MR) is 148 cm³/mol. The summed E-state index contributed by atoms with van der Waals surface area (Å²) in [7, 11) is 0. The highest BCUT2D eigenvalue weighted by atomic mass is 16.3. The molecule has 2 fully saturated rings. The first-order chi connectivity index (χ1) is 18.6. The van der Waals surface area contributed by atoms with Crippen LogP contribution in [0.1, 0.15) is 81.3 Å². The Morgan fingerprint density at radius 3 is 2.55 bits per heavy atom. The van der Waals surface area contributed by atoms with E-state index in [0.29, 0.717) is 18.1 Å². The standard InChI is InChI=1S/C32H37N3O3/c36-30(34-26-11-7-10-24(18-26)29-21-33-22-38-29)19-25-20-32(28-13-6-5-12-27(25)28)14-16-35(17-15-32)31(37)23-8-3-1-2-4-9-23/h5-7,10-13,18,21-23,25H,1-4,8-9,14-17,19-20H2,(H,34,36). The number of aromatic nitrogens is 1. The summed E-state index contributed by atoms with van der Waals surface area (Å²) in [6, 6.07) is 16.4. The maximum atomic E-state index is 13.3. The number of amides is 2. The number of carbonyl (C=O) groups excluding carboxylic acids is 2. The second-order valence-electron chi connectivity index (χ2n) is 11.5. The van der Waals surface area contributed by atoms with Gasteiger partial charge in [0.25, 0.3) is 0 Å².